The van der Waals surface area contributed by atoms with Crippen LogP contribution >= 0.6 is 11.3 Å². The molecule has 0 radical (unpaired) electrons. The van der Waals surface area contributed by atoms with E-state index < -0.39 is 0 Å². The molecule has 3 rings (SSSR count). The summed E-state index contributed by atoms with van der Waals surface area (Å²) < 4.78 is 6.46. The predicted octanol–water partition coefficient (Wildman–Crippen LogP) is 3.10. The van der Waals surface area contributed by atoms with E-state index in [9.17, 15) is 4.79 Å². The average Bonchev–Trinajstić information content (AvgIpc) is 3.22. The molecule has 0 fully saturated rings. The minimum atomic E-state index is -0.216. The molecule has 0 N–H and O–H groups in total. The van der Waals surface area contributed by atoms with Gasteiger partial charge in [-0.15, -0.1) is 11.3 Å². The molecule has 3 aromatic rings. The van der Waals surface area contributed by atoms with E-state index in [0.29, 0.717) is 12.8 Å². The molecule has 0 amide bonds. The highest BCUT2D eigenvalue weighted by Crippen LogP contribution is 2.24. The first kappa shape index (κ1) is 14.5. The number of aromatic nitrogens is 3. The van der Waals surface area contributed by atoms with E-state index in [-0.39, 0.29) is 5.97 Å². The van der Waals surface area contributed by atoms with E-state index in [0.717, 1.165) is 22.0 Å². The maximum atomic E-state index is 11.2. The summed E-state index contributed by atoms with van der Waals surface area (Å²) in [6.45, 7) is 0. The van der Waals surface area contributed by atoms with Crippen molar-refractivity contribution in [1.29, 1.82) is 0 Å². The Morgan fingerprint density at radius 2 is 2.14 bits per heavy atom. The molecular weight excluding hydrogens is 298 g/mol. The fourth-order valence-corrected chi connectivity index (χ4v) is 2.87. The summed E-state index contributed by atoms with van der Waals surface area (Å²) in [6, 6.07) is 9.93. The summed E-state index contributed by atoms with van der Waals surface area (Å²) in [6.07, 6.45) is 4.70. The van der Waals surface area contributed by atoms with Gasteiger partial charge in [-0.05, 0) is 12.1 Å². The van der Waals surface area contributed by atoms with Crippen molar-refractivity contribution in [3.8, 4) is 16.3 Å². The van der Waals surface area contributed by atoms with Crippen molar-refractivity contribution in [3.05, 3.63) is 53.8 Å². The van der Waals surface area contributed by atoms with Crippen LogP contribution in [0.4, 0.5) is 0 Å². The fourth-order valence-electron chi connectivity index (χ4n) is 2.04. The number of thiazole rings is 1. The Bertz CT molecular complexity index is 765. The van der Waals surface area contributed by atoms with Gasteiger partial charge in [0, 0.05) is 23.6 Å². The molecule has 0 atom stereocenters. The number of carbonyl (C=O) groups is 1. The molecular formula is C16H15N3O2S. The first-order valence-corrected chi connectivity index (χ1v) is 7.76. The van der Waals surface area contributed by atoms with Crippen LogP contribution in [0.2, 0.25) is 0 Å². The van der Waals surface area contributed by atoms with Crippen LogP contribution in [0.3, 0.4) is 0 Å². The van der Waals surface area contributed by atoms with Crippen LogP contribution in [0.15, 0.2) is 48.1 Å². The maximum Gasteiger partial charge on any atom is 0.305 e. The van der Waals surface area contributed by atoms with E-state index >= 15 is 0 Å². The van der Waals surface area contributed by atoms with E-state index in [1.54, 1.807) is 17.5 Å². The Labute approximate surface area is 132 Å². The molecule has 22 heavy (non-hydrogen) atoms. The zero-order valence-electron chi connectivity index (χ0n) is 12.1. The Hall–Kier alpha value is -2.47. The first-order valence-electron chi connectivity index (χ1n) is 6.88. The molecule has 112 valence electrons. The highest BCUT2D eigenvalue weighted by Gasteiger charge is 2.09. The van der Waals surface area contributed by atoms with Gasteiger partial charge >= 0.3 is 5.97 Å². The lowest BCUT2D eigenvalue weighted by Gasteiger charge is -1.98. The van der Waals surface area contributed by atoms with Crippen LogP contribution in [-0.2, 0) is 16.0 Å². The zero-order chi connectivity index (χ0) is 15.4. The standard InChI is InChI=1S/C16H15N3O2S/c1-21-15(20)8-7-13-11-22-16(18-13)12-9-17-19(10-12)14-5-3-2-4-6-14/h2-6,9-11H,7-8H2,1H3. The van der Waals surface area contributed by atoms with Gasteiger partial charge in [-0.3, -0.25) is 4.79 Å². The van der Waals surface area contributed by atoms with Gasteiger partial charge in [0.05, 0.1) is 31.1 Å². The molecule has 0 aliphatic rings. The number of hydrogen-bond acceptors (Lipinski definition) is 5. The number of ether oxygens (including phenoxy) is 1. The van der Waals surface area contributed by atoms with Gasteiger partial charge in [-0.25, -0.2) is 9.67 Å². The van der Waals surface area contributed by atoms with Crippen LogP contribution in [-0.4, -0.2) is 27.8 Å². The summed E-state index contributed by atoms with van der Waals surface area (Å²) in [5.41, 5.74) is 2.88. The largest absolute Gasteiger partial charge is 0.469 e. The molecule has 0 unspecified atom stereocenters. The van der Waals surface area contributed by atoms with Crippen molar-refractivity contribution >= 4 is 17.3 Å². The van der Waals surface area contributed by atoms with Crippen LogP contribution < -0.4 is 0 Å². The Balaban J connectivity index is 1.74. The predicted molar refractivity (Wildman–Crippen MR) is 85.0 cm³/mol. The molecule has 2 aromatic heterocycles. The zero-order valence-corrected chi connectivity index (χ0v) is 12.9. The third-order valence-electron chi connectivity index (χ3n) is 3.21. The molecule has 0 saturated heterocycles. The average molecular weight is 313 g/mol. The molecule has 0 bridgehead atoms. The summed E-state index contributed by atoms with van der Waals surface area (Å²) >= 11 is 1.55. The summed E-state index contributed by atoms with van der Waals surface area (Å²) in [7, 11) is 1.40. The van der Waals surface area contributed by atoms with Gasteiger partial charge in [-0.2, -0.15) is 5.10 Å². The second-order valence-electron chi connectivity index (χ2n) is 4.73. The molecule has 1 aromatic carbocycles. The Morgan fingerprint density at radius 1 is 1.32 bits per heavy atom. The van der Waals surface area contributed by atoms with Crippen LogP contribution in [0.5, 0.6) is 0 Å². The summed E-state index contributed by atoms with van der Waals surface area (Å²) in [5, 5.41) is 7.24. The van der Waals surface area contributed by atoms with Gasteiger partial charge in [-0.1, -0.05) is 18.2 Å². The van der Waals surface area contributed by atoms with Gasteiger partial charge in [0.15, 0.2) is 0 Å². The highest BCUT2D eigenvalue weighted by molar-refractivity contribution is 7.13. The van der Waals surface area contributed by atoms with Crippen molar-refractivity contribution < 1.29 is 9.53 Å². The lowest BCUT2D eigenvalue weighted by Crippen LogP contribution is -2.01. The van der Waals surface area contributed by atoms with Gasteiger partial charge in [0.2, 0.25) is 0 Å². The number of nitrogens with zero attached hydrogens (tertiary/aromatic N) is 3. The van der Waals surface area contributed by atoms with Gasteiger partial charge < -0.3 is 4.74 Å². The lowest BCUT2D eigenvalue weighted by molar-refractivity contribution is -0.140. The number of para-hydroxylation sites is 1. The number of esters is 1. The minimum absolute atomic E-state index is 0.216. The molecule has 0 spiro atoms. The smallest absolute Gasteiger partial charge is 0.305 e. The maximum absolute atomic E-state index is 11.2. The van der Waals surface area contributed by atoms with Crippen molar-refractivity contribution in [3.63, 3.8) is 0 Å². The Morgan fingerprint density at radius 3 is 2.91 bits per heavy atom. The first-order chi connectivity index (χ1) is 10.8. The normalized spacial score (nSPS) is 10.6. The van der Waals surface area contributed by atoms with Crippen LogP contribution in [0, 0.1) is 0 Å². The number of methoxy groups -OCH3 is 1. The number of aryl methyl sites for hydroxylation is 1. The SMILES string of the molecule is COC(=O)CCc1csc(-c2cnn(-c3ccccc3)c2)n1. The number of rotatable bonds is 5. The van der Waals surface area contributed by atoms with Crippen molar-refractivity contribution in [1.82, 2.24) is 14.8 Å². The van der Waals surface area contributed by atoms with E-state index in [1.165, 1.54) is 7.11 Å². The topological polar surface area (TPSA) is 57.0 Å². The fraction of sp³-hybridized carbons (Fsp3) is 0.188. The summed E-state index contributed by atoms with van der Waals surface area (Å²) in [4.78, 5) is 15.7. The second-order valence-corrected chi connectivity index (χ2v) is 5.59. The van der Waals surface area contributed by atoms with Gasteiger partial charge in [0.1, 0.15) is 5.01 Å². The van der Waals surface area contributed by atoms with E-state index in [2.05, 4.69) is 14.8 Å². The third-order valence-corrected chi connectivity index (χ3v) is 4.16. The summed E-state index contributed by atoms with van der Waals surface area (Å²) in [5.74, 6) is -0.216. The third kappa shape index (κ3) is 3.23. The molecule has 0 aliphatic carbocycles. The molecule has 0 aliphatic heterocycles. The number of hydrogen-bond donors (Lipinski definition) is 0. The van der Waals surface area contributed by atoms with Crippen molar-refractivity contribution in [2.45, 2.75) is 12.8 Å². The van der Waals surface area contributed by atoms with Crippen molar-refractivity contribution in [2.75, 3.05) is 7.11 Å². The van der Waals surface area contributed by atoms with Crippen LogP contribution in [0.25, 0.3) is 16.3 Å². The van der Waals surface area contributed by atoms with E-state index in [1.807, 2.05) is 46.6 Å². The van der Waals surface area contributed by atoms with Gasteiger partial charge in [0.25, 0.3) is 0 Å². The molecule has 2 heterocycles. The number of carbonyl (C=O) groups excluding carboxylic acids is 1. The second kappa shape index (κ2) is 6.53. The molecule has 0 saturated carbocycles. The lowest BCUT2D eigenvalue weighted by atomic mass is 10.2. The van der Waals surface area contributed by atoms with Crippen LogP contribution in [0.1, 0.15) is 12.1 Å². The Kier molecular flexibility index (Phi) is 4.29. The highest BCUT2D eigenvalue weighted by atomic mass is 32.1. The molecule has 6 heteroatoms. The number of benzene rings is 1. The van der Waals surface area contributed by atoms with Crippen molar-refractivity contribution in [2.24, 2.45) is 0 Å². The molecule has 5 nitrogen and oxygen atoms in total. The monoisotopic (exact) mass is 313 g/mol. The minimum Gasteiger partial charge on any atom is -0.469 e. The van der Waals surface area contributed by atoms with E-state index in [4.69, 9.17) is 0 Å². The quantitative estimate of drug-likeness (QED) is 0.679.